The number of carbonyl (C=O) groups is 1. The summed E-state index contributed by atoms with van der Waals surface area (Å²) in [5, 5.41) is 0. The van der Waals surface area contributed by atoms with E-state index in [1.54, 1.807) is 6.26 Å². The van der Waals surface area contributed by atoms with Crippen molar-refractivity contribution in [3.63, 3.8) is 0 Å². The van der Waals surface area contributed by atoms with Gasteiger partial charge in [0.15, 0.2) is 5.75 Å². The van der Waals surface area contributed by atoms with Crippen molar-refractivity contribution < 1.29 is 13.9 Å². The number of unbranched alkanes of at least 4 members (excludes halogenated alkanes) is 3. The van der Waals surface area contributed by atoms with Gasteiger partial charge < -0.3 is 14.1 Å². The standard InChI is InChI=1S/C18H29NO3/c1-5-6-7-8-9-19-14(10-17(19)20)12-21-15-11-16(22-13-15)18(2,3)4/h11,13-14H,5-10,12H2,1-4H3/t14-/m1/s1. The number of likely N-dealkylation sites (tertiary alicyclic amines) is 1. The highest BCUT2D eigenvalue weighted by Crippen LogP contribution is 2.28. The topological polar surface area (TPSA) is 42.7 Å². The van der Waals surface area contributed by atoms with Gasteiger partial charge in [0.05, 0.1) is 12.5 Å². The largest absolute Gasteiger partial charge is 0.488 e. The molecule has 1 fully saturated rings. The molecule has 1 aromatic heterocycles. The van der Waals surface area contributed by atoms with Crippen LogP contribution >= 0.6 is 0 Å². The van der Waals surface area contributed by atoms with Gasteiger partial charge in [0, 0.05) is 18.0 Å². The second-order valence-corrected chi connectivity index (χ2v) is 7.21. The van der Waals surface area contributed by atoms with Crippen LogP contribution in [0.3, 0.4) is 0 Å². The van der Waals surface area contributed by atoms with E-state index in [0.717, 1.165) is 24.5 Å². The maximum absolute atomic E-state index is 11.7. The van der Waals surface area contributed by atoms with Gasteiger partial charge in [-0.3, -0.25) is 4.79 Å². The summed E-state index contributed by atoms with van der Waals surface area (Å²) in [7, 11) is 0. The normalized spacial score (nSPS) is 18.5. The van der Waals surface area contributed by atoms with Crippen molar-refractivity contribution in [3.05, 3.63) is 18.1 Å². The fourth-order valence-electron chi connectivity index (χ4n) is 2.67. The van der Waals surface area contributed by atoms with Crippen LogP contribution in [0.25, 0.3) is 0 Å². The Bertz CT molecular complexity index is 487. The second-order valence-electron chi connectivity index (χ2n) is 7.21. The van der Waals surface area contributed by atoms with Gasteiger partial charge in [-0.15, -0.1) is 0 Å². The maximum Gasteiger partial charge on any atom is 0.225 e. The smallest absolute Gasteiger partial charge is 0.225 e. The molecular weight excluding hydrogens is 278 g/mol. The number of β-lactam (4-membered cyclic amide) rings is 1. The third-order valence-electron chi connectivity index (χ3n) is 4.18. The van der Waals surface area contributed by atoms with Crippen molar-refractivity contribution in [2.24, 2.45) is 0 Å². The Morgan fingerprint density at radius 2 is 2.09 bits per heavy atom. The maximum atomic E-state index is 11.7. The van der Waals surface area contributed by atoms with Crippen molar-refractivity contribution in [2.75, 3.05) is 13.2 Å². The third-order valence-corrected chi connectivity index (χ3v) is 4.18. The number of amides is 1. The first-order valence-corrected chi connectivity index (χ1v) is 8.43. The average Bonchev–Trinajstić information content (AvgIpc) is 2.92. The highest BCUT2D eigenvalue weighted by atomic mass is 16.5. The van der Waals surface area contributed by atoms with Gasteiger partial charge >= 0.3 is 0 Å². The number of nitrogens with zero attached hydrogens (tertiary/aromatic N) is 1. The lowest BCUT2D eigenvalue weighted by atomic mass is 9.93. The fourth-order valence-corrected chi connectivity index (χ4v) is 2.67. The van der Waals surface area contributed by atoms with E-state index >= 15 is 0 Å². The predicted octanol–water partition coefficient (Wildman–Crippen LogP) is 4.14. The van der Waals surface area contributed by atoms with Crippen LogP contribution in [-0.4, -0.2) is 30.0 Å². The number of rotatable bonds is 8. The zero-order chi connectivity index (χ0) is 16.2. The van der Waals surface area contributed by atoms with Gasteiger partial charge in [0.25, 0.3) is 0 Å². The predicted molar refractivity (Wildman–Crippen MR) is 87.2 cm³/mol. The Morgan fingerprint density at radius 3 is 2.68 bits per heavy atom. The minimum Gasteiger partial charge on any atom is -0.488 e. The van der Waals surface area contributed by atoms with E-state index in [-0.39, 0.29) is 17.4 Å². The van der Waals surface area contributed by atoms with Crippen LogP contribution < -0.4 is 4.74 Å². The quantitative estimate of drug-likeness (QED) is 0.535. The fraction of sp³-hybridized carbons (Fsp3) is 0.722. The SMILES string of the molecule is CCCCCCN1C(=O)C[C@@H]1COc1coc(C(C)(C)C)c1. The zero-order valence-corrected chi connectivity index (χ0v) is 14.4. The van der Waals surface area contributed by atoms with Crippen LogP contribution in [0.4, 0.5) is 0 Å². The van der Waals surface area contributed by atoms with Crippen molar-refractivity contribution in [1.29, 1.82) is 0 Å². The molecular formula is C18H29NO3. The van der Waals surface area contributed by atoms with Crippen LogP contribution in [0, 0.1) is 0 Å². The molecule has 1 atom stereocenters. The molecule has 1 amide bonds. The number of ether oxygens (including phenoxy) is 1. The molecule has 1 aromatic rings. The summed E-state index contributed by atoms with van der Waals surface area (Å²) in [5.41, 5.74) is -0.0145. The number of furan rings is 1. The molecule has 0 aliphatic carbocycles. The summed E-state index contributed by atoms with van der Waals surface area (Å²) in [4.78, 5) is 13.7. The molecule has 1 aliphatic heterocycles. The van der Waals surface area contributed by atoms with E-state index in [0.29, 0.717) is 13.0 Å². The summed E-state index contributed by atoms with van der Waals surface area (Å²) < 4.78 is 11.4. The Morgan fingerprint density at radius 1 is 1.32 bits per heavy atom. The lowest BCUT2D eigenvalue weighted by Gasteiger charge is -2.40. The lowest BCUT2D eigenvalue weighted by Crippen LogP contribution is -2.55. The van der Waals surface area contributed by atoms with Crippen molar-refractivity contribution in [2.45, 2.75) is 71.3 Å². The van der Waals surface area contributed by atoms with E-state index in [9.17, 15) is 4.79 Å². The molecule has 0 N–H and O–H groups in total. The first-order chi connectivity index (χ1) is 10.4. The summed E-state index contributed by atoms with van der Waals surface area (Å²) >= 11 is 0. The molecule has 0 spiro atoms. The highest BCUT2D eigenvalue weighted by Gasteiger charge is 2.35. The van der Waals surface area contributed by atoms with Crippen LogP contribution in [0.5, 0.6) is 5.75 Å². The summed E-state index contributed by atoms with van der Waals surface area (Å²) in [6.07, 6.45) is 7.02. The molecule has 2 heterocycles. The highest BCUT2D eigenvalue weighted by molar-refractivity contribution is 5.83. The number of hydrogen-bond acceptors (Lipinski definition) is 3. The molecule has 2 rings (SSSR count). The molecule has 1 aliphatic rings. The van der Waals surface area contributed by atoms with Gasteiger partial charge in [-0.05, 0) is 6.42 Å². The third kappa shape index (κ3) is 4.28. The van der Waals surface area contributed by atoms with Crippen LogP contribution in [0.1, 0.15) is 65.6 Å². The number of carbonyl (C=O) groups excluding carboxylic acids is 1. The molecule has 124 valence electrons. The molecule has 4 nitrogen and oxygen atoms in total. The van der Waals surface area contributed by atoms with Gasteiger partial charge in [0.2, 0.25) is 5.91 Å². The molecule has 0 radical (unpaired) electrons. The Kier molecular flexibility index (Phi) is 5.54. The van der Waals surface area contributed by atoms with Gasteiger partial charge in [-0.25, -0.2) is 0 Å². The summed E-state index contributed by atoms with van der Waals surface area (Å²) in [6, 6.07) is 2.17. The summed E-state index contributed by atoms with van der Waals surface area (Å²) in [6.45, 7) is 9.95. The molecule has 22 heavy (non-hydrogen) atoms. The average molecular weight is 307 g/mol. The molecule has 0 aromatic carbocycles. The zero-order valence-electron chi connectivity index (χ0n) is 14.4. The monoisotopic (exact) mass is 307 g/mol. The minimum absolute atomic E-state index is 0.0145. The van der Waals surface area contributed by atoms with Crippen molar-refractivity contribution in [3.8, 4) is 5.75 Å². The molecule has 0 bridgehead atoms. The van der Waals surface area contributed by atoms with E-state index in [2.05, 4.69) is 27.7 Å². The van der Waals surface area contributed by atoms with Gasteiger partial charge in [0.1, 0.15) is 18.6 Å². The van der Waals surface area contributed by atoms with Crippen LogP contribution in [0.2, 0.25) is 0 Å². The Hall–Kier alpha value is -1.45. The molecule has 0 saturated carbocycles. The van der Waals surface area contributed by atoms with E-state index in [4.69, 9.17) is 9.15 Å². The Labute approximate surface area is 133 Å². The van der Waals surface area contributed by atoms with Crippen LogP contribution in [-0.2, 0) is 10.2 Å². The minimum atomic E-state index is -0.0145. The van der Waals surface area contributed by atoms with Crippen molar-refractivity contribution >= 4 is 5.91 Å². The second kappa shape index (κ2) is 7.21. The number of hydrogen-bond donors (Lipinski definition) is 0. The lowest BCUT2D eigenvalue weighted by molar-refractivity contribution is -0.147. The van der Waals surface area contributed by atoms with Crippen LogP contribution in [0.15, 0.2) is 16.7 Å². The van der Waals surface area contributed by atoms with Gasteiger partial charge in [-0.1, -0.05) is 47.0 Å². The van der Waals surface area contributed by atoms with E-state index in [1.807, 2.05) is 11.0 Å². The van der Waals surface area contributed by atoms with E-state index in [1.165, 1.54) is 19.3 Å². The van der Waals surface area contributed by atoms with Crippen molar-refractivity contribution in [1.82, 2.24) is 4.90 Å². The van der Waals surface area contributed by atoms with E-state index < -0.39 is 0 Å². The molecule has 1 saturated heterocycles. The van der Waals surface area contributed by atoms with Gasteiger partial charge in [-0.2, -0.15) is 0 Å². The molecule has 4 heteroatoms. The summed E-state index contributed by atoms with van der Waals surface area (Å²) in [5.74, 6) is 1.94. The first-order valence-electron chi connectivity index (χ1n) is 8.43. The Balaban J connectivity index is 1.76. The molecule has 0 unspecified atom stereocenters. The first kappa shape index (κ1) is 16.9.